The number of hydrogen-bond donors (Lipinski definition) is 1. The van der Waals surface area contributed by atoms with Gasteiger partial charge in [0, 0.05) is 30.2 Å². The quantitative estimate of drug-likeness (QED) is 0.636. The van der Waals surface area contributed by atoms with E-state index in [2.05, 4.69) is 12.2 Å². The van der Waals surface area contributed by atoms with Crippen molar-refractivity contribution < 1.29 is 4.79 Å². The van der Waals surface area contributed by atoms with Crippen molar-refractivity contribution >= 4 is 29.4 Å². The minimum absolute atomic E-state index is 0.156. The third-order valence-electron chi connectivity index (χ3n) is 1.47. The molecule has 0 fully saturated rings. The number of thioether (sulfide) groups is 2. The van der Waals surface area contributed by atoms with Gasteiger partial charge in [0.2, 0.25) is 5.91 Å². The van der Waals surface area contributed by atoms with Crippen molar-refractivity contribution in [2.75, 3.05) is 29.6 Å². The van der Waals surface area contributed by atoms with Crippen LogP contribution in [-0.4, -0.2) is 35.5 Å². The van der Waals surface area contributed by atoms with Gasteiger partial charge in [-0.15, -0.1) is 0 Å². The average molecular weight is 221 g/mol. The van der Waals surface area contributed by atoms with Gasteiger partial charge in [0.25, 0.3) is 0 Å². The molecule has 0 spiro atoms. The molecular weight excluding hydrogens is 202 g/mol. The Bertz CT molecular complexity index is 131. The van der Waals surface area contributed by atoms with Crippen molar-refractivity contribution in [3.05, 3.63) is 0 Å². The summed E-state index contributed by atoms with van der Waals surface area (Å²) in [7, 11) is 0. The molecule has 0 aliphatic carbocycles. The Kier molecular flexibility index (Phi) is 10.4. The van der Waals surface area contributed by atoms with E-state index in [9.17, 15) is 4.79 Å². The lowest BCUT2D eigenvalue weighted by atomic mass is 10.4. The van der Waals surface area contributed by atoms with Crippen LogP contribution >= 0.6 is 23.5 Å². The largest absolute Gasteiger partial charge is 0.355 e. The molecule has 0 bridgehead atoms. The van der Waals surface area contributed by atoms with Gasteiger partial charge in [0.1, 0.15) is 0 Å². The van der Waals surface area contributed by atoms with E-state index >= 15 is 0 Å². The highest BCUT2D eigenvalue weighted by molar-refractivity contribution is 8.02. The molecule has 0 saturated carbocycles. The fourth-order valence-corrected chi connectivity index (χ4v) is 2.43. The molecule has 0 aromatic carbocycles. The summed E-state index contributed by atoms with van der Waals surface area (Å²) < 4.78 is 0. The van der Waals surface area contributed by atoms with E-state index < -0.39 is 0 Å². The minimum Gasteiger partial charge on any atom is -0.355 e. The Morgan fingerprint density at radius 1 is 1.15 bits per heavy atom. The first-order valence-electron chi connectivity index (χ1n) is 4.73. The SMILES string of the molecule is CCSCCSCCNC(=O)CC. The number of amides is 1. The molecule has 0 aromatic heterocycles. The number of nitrogens with one attached hydrogen (secondary N) is 1. The van der Waals surface area contributed by atoms with Crippen molar-refractivity contribution in [1.29, 1.82) is 0 Å². The van der Waals surface area contributed by atoms with Gasteiger partial charge in [-0.05, 0) is 5.75 Å². The summed E-state index contributed by atoms with van der Waals surface area (Å²) in [5.74, 6) is 4.82. The standard InChI is InChI=1S/C9H19NOS2/c1-3-9(11)10-5-6-13-8-7-12-4-2/h3-8H2,1-2H3,(H,10,11). The van der Waals surface area contributed by atoms with Gasteiger partial charge in [-0.25, -0.2) is 0 Å². The normalized spacial score (nSPS) is 10.0. The Hall–Kier alpha value is 0.170. The molecule has 1 amide bonds. The summed E-state index contributed by atoms with van der Waals surface area (Å²) >= 11 is 3.88. The zero-order valence-electron chi connectivity index (χ0n) is 8.47. The predicted octanol–water partition coefficient (Wildman–Crippen LogP) is 2.00. The Balaban J connectivity index is 2.95. The molecule has 0 aliphatic rings. The van der Waals surface area contributed by atoms with Crippen LogP contribution in [0.15, 0.2) is 0 Å². The molecule has 0 heterocycles. The number of carbonyl (C=O) groups excluding carboxylic acids is 1. The smallest absolute Gasteiger partial charge is 0.219 e. The molecule has 4 heteroatoms. The van der Waals surface area contributed by atoms with Crippen molar-refractivity contribution in [3.8, 4) is 0 Å². The summed E-state index contributed by atoms with van der Waals surface area (Å²) in [6.45, 7) is 4.87. The summed E-state index contributed by atoms with van der Waals surface area (Å²) in [4.78, 5) is 10.8. The fraction of sp³-hybridized carbons (Fsp3) is 0.889. The molecule has 0 aliphatic heterocycles. The maximum atomic E-state index is 10.8. The summed E-state index contributed by atoms with van der Waals surface area (Å²) in [6.07, 6.45) is 0.594. The lowest BCUT2D eigenvalue weighted by molar-refractivity contribution is -0.120. The zero-order chi connectivity index (χ0) is 9.94. The number of rotatable bonds is 8. The van der Waals surface area contributed by atoms with Crippen molar-refractivity contribution in [2.45, 2.75) is 20.3 Å². The second kappa shape index (κ2) is 10.3. The van der Waals surface area contributed by atoms with E-state index in [-0.39, 0.29) is 5.91 Å². The van der Waals surface area contributed by atoms with Gasteiger partial charge in [0.05, 0.1) is 0 Å². The van der Waals surface area contributed by atoms with Gasteiger partial charge >= 0.3 is 0 Å². The Morgan fingerprint density at radius 3 is 2.46 bits per heavy atom. The minimum atomic E-state index is 0.156. The maximum Gasteiger partial charge on any atom is 0.219 e. The summed E-state index contributed by atoms with van der Waals surface area (Å²) in [5, 5.41) is 2.86. The molecule has 0 aromatic rings. The first-order valence-corrected chi connectivity index (χ1v) is 7.04. The molecule has 0 saturated heterocycles. The van der Waals surface area contributed by atoms with Gasteiger partial charge in [-0.2, -0.15) is 23.5 Å². The van der Waals surface area contributed by atoms with Crippen LogP contribution in [0.5, 0.6) is 0 Å². The Labute approximate surface area is 89.6 Å². The first-order chi connectivity index (χ1) is 6.31. The van der Waals surface area contributed by atoms with Crippen LogP contribution in [0.3, 0.4) is 0 Å². The van der Waals surface area contributed by atoms with Crippen LogP contribution in [0.4, 0.5) is 0 Å². The second-order valence-electron chi connectivity index (χ2n) is 2.51. The molecule has 78 valence electrons. The Morgan fingerprint density at radius 2 is 1.85 bits per heavy atom. The molecule has 0 rings (SSSR count). The molecular formula is C9H19NOS2. The molecule has 0 atom stereocenters. The van der Waals surface area contributed by atoms with Crippen molar-refractivity contribution in [2.24, 2.45) is 0 Å². The summed E-state index contributed by atoms with van der Waals surface area (Å²) in [5.41, 5.74) is 0. The number of carbonyl (C=O) groups is 1. The maximum absolute atomic E-state index is 10.8. The van der Waals surface area contributed by atoms with E-state index in [1.165, 1.54) is 17.3 Å². The van der Waals surface area contributed by atoms with Gasteiger partial charge < -0.3 is 5.32 Å². The highest BCUT2D eigenvalue weighted by Gasteiger charge is 1.94. The van der Waals surface area contributed by atoms with Crippen LogP contribution in [0.2, 0.25) is 0 Å². The summed E-state index contributed by atoms with van der Waals surface area (Å²) in [6, 6.07) is 0. The molecule has 0 unspecified atom stereocenters. The topological polar surface area (TPSA) is 29.1 Å². The first kappa shape index (κ1) is 13.2. The second-order valence-corrected chi connectivity index (χ2v) is 5.13. The highest BCUT2D eigenvalue weighted by Crippen LogP contribution is 2.05. The van der Waals surface area contributed by atoms with Crippen LogP contribution in [0.1, 0.15) is 20.3 Å². The fourth-order valence-electron chi connectivity index (χ4n) is 0.752. The van der Waals surface area contributed by atoms with E-state index in [1.54, 1.807) is 0 Å². The highest BCUT2D eigenvalue weighted by atomic mass is 32.2. The van der Waals surface area contributed by atoms with Crippen molar-refractivity contribution in [1.82, 2.24) is 5.32 Å². The van der Waals surface area contributed by atoms with E-state index in [4.69, 9.17) is 0 Å². The lowest BCUT2D eigenvalue weighted by Gasteiger charge is -2.02. The number of hydrogen-bond acceptors (Lipinski definition) is 3. The molecule has 13 heavy (non-hydrogen) atoms. The van der Waals surface area contributed by atoms with Gasteiger partial charge in [0.15, 0.2) is 0 Å². The van der Waals surface area contributed by atoms with Crippen LogP contribution in [-0.2, 0) is 4.79 Å². The third-order valence-corrected chi connectivity index (χ3v) is 3.61. The van der Waals surface area contributed by atoms with Gasteiger partial charge in [-0.1, -0.05) is 13.8 Å². The van der Waals surface area contributed by atoms with Crippen LogP contribution < -0.4 is 5.32 Å². The van der Waals surface area contributed by atoms with Crippen LogP contribution in [0, 0.1) is 0 Å². The molecule has 0 radical (unpaired) electrons. The van der Waals surface area contributed by atoms with Crippen molar-refractivity contribution in [3.63, 3.8) is 0 Å². The van der Waals surface area contributed by atoms with E-state index in [1.807, 2.05) is 30.4 Å². The van der Waals surface area contributed by atoms with E-state index in [0.29, 0.717) is 6.42 Å². The predicted molar refractivity (Wildman–Crippen MR) is 63.6 cm³/mol. The van der Waals surface area contributed by atoms with Crippen LogP contribution in [0.25, 0.3) is 0 Å². The zero-order valence-corrected chi connectivity index (χ0v) is 10.1. The molecule has 2 nitrogen and oxygen atoms in total. The average Bonchev–Trinajstić information content (AvgIpc) is 2.16. The third kappa shape index (κ3) is 10.1. The van der Waals surface area contributed by atoms with E-state index in [0.717, 1.165) is 12.3 Å². The molecule has 1 N–H and O–H groups in total. The van der Waals surface area contributed by atoms with Gasteiger partial charge in [-0.3, -0.25) is 4.79 Å². The lowest BCUT2D eigenvalue weighted by Crippen LogP contribution is -2.24. The monoisotopic (exact) mass is 221 g/mol.